The van der Waals surface area contributed by atoms with Crippen LogP contribution in [0.5, 0.6) is 0 Å². The fourth-order valence-electron chi connectivity index (χ4n) is 2.03. The minimum absolute atomic E-state index is 0.175. The van der Waals surface area contributed by atoms with Crippen LogP contribution in [-0.2, 0) is 4.74 Å². The first-order chi connectivity index (χ1) is 7.04. The summed E-state index contributed by atoms with van der Waals surface area (Å²) >= 11 is 1.60. The molecule has 0 radical (unpaired) electrons. The Kier molecular flexibility index (Phi) is 2.68. The third-order valence-electron chi connectivity index (χ3n) is 3.29. The molecule has 2 unspecified atom stereocenters. The van der Waals surface area contributed by atoms with Crippen LogP contribution in [0.2, 0.25) is 0 Å². The summed E-state index contributed by atoms with van der Waals surface area (Å²) < 4.78 is 5.40. The van der Waals surface area contributed by atoms with Gasteiger partial charge in [-0.25, -0.2) is 0 Å². The Morgan fingerprint density at radius 3 is 2.67 bits per heavy atom. The van der Waals surface area contributed by atoms with E-state index in [-0.39, 0.29) is 5.41 Å². The molecular weight excluding hydrogens is 210 g/mol. The molecule has 0 amide bonds. The molecule has 1 N–H and O–H groups in total. The highest BCUT2D eigenvalue weighted by atomic mass is 32.1. The third kappa shape index (κ3) is 1.86. The van der Waals surface area contributed by atoms with E-state index >= 15 is 0 Å². The molecule has 1 aromatic heterocycles. The summed E-state index contributed by atoms with van der Waals surface area (Å²) in [4.78, 5) is 0. The molecule has 1 aliphatic carbocycles. The second kappa shape index (κ2) is 3.72. The van der Waals surface area contributed by atoms with Crippen molar-refractivity contribution < 1.29 is 4.74 Å². The van der Waals surface area contributed by atoms with Crippen molar-refractivity contribution in [3.63, 3.8) is 0 Å². The third-order valence-corrected chi connectivity index (χ3v) is 4.06. The van der Waals surface area contributed by atoms with Crippen LogP contribution in [0, 0.1) is 12.3 Å². The van der Waals surface area contributed by atoms with Gasteiger partial charge in [-0.05, 0) is 13.3 Å². The Balaban J connectivity index is 1.98. The molecule has 0 aliphatic heterocycles. The molecule has 5 heteroatoms. The normalized spacial score (nSPS) is 28.5. The van der Waals surface area contributed by atoms with Gasteiger partial charge in [0, 0.05) is 18.6 Å². The van der Waals surface area contributed by atoms with Crippen LogP contribution in [0.4, 0.5) is 5.13 Å². The molecular formula is C10H17N3OS. The number of aryl methyl sites for hydroxylation is 1. The van der Waals surface area contributed by atoms with Crippen LogP contribution < -0.4 is 5.32 Å². The highest BCUT2D eigenvalue weighted by Gasteiger charge is 2.48. The number of anilines is 1. The zero-order chi connectivity index (χ0) is 11.1. The Morgan fingerprint density at radius 1 is 1.47 bits per heavy atom. The first-order valence-electron chi connectivity index (χ1n) is 5.13. The monoisotopic (exact) mass is 227 g/mol. The van der Waals surface area contributed by atoms with Crippen LogP contribution in [0.1, 0.15) is 25.3 Å². The quantitative estimate of drug-likeness (QED) is 0.858. The van der Waals surface area contributed by atoms with E-state index < -0.39 is 0 Å². The van der Waals surface area contributed by atoms with Crippen molar-refractivity contribution in [2.75, 3.05) is 12.4 Å². The number of rotatable bonds is 3. The first kappa shape index (κ1) is 10.8. The van der Waals surface area contributed by atoms with Crippen LogP contribution in [-0.4, -0.2) is 29.5 Å². The average Bonchev–Trinajstić information content (AvgIpc) is 2.58. The first-order valence-corrected chi connectivity index (χ1v) is 5.95. The molecule has 15 heavy (non-hydrogen) atoms. The van der Waals surface area contributed by atoms with Gasteiger partial charge in [0.15, 0.2) is 0 Å². The number of methoxy groups -OCH3 is 1. The van der Waals surface area contributed by atoms with E-state index in [4.69, 9.17) is 4.74 Å². The van der Waals surface area contributed by atoms with E-state index in [1.165, 1.54) is 0 Å². The minimum Gasteiger partial charge on any atom is -0.381 e. The number of hydrogen-bond acceptors (Lipinski definition) is 5. The molecule has 1 aliphatic rings. The van der Waals surface area contributed by atoms with Crippen LogP contribution >= 0.6 is 11.3 Å². The van der Waals surface area contributed by atoms with E-state index in [0.717, 1.165) is 16.6 Å². The largest absolute Gasteiger partial charge is 0.381 e. The van der Waals surface area contributed by atoms with Crippen LogP contribution in [0.15, 0.2) is 0 Å². The molecule has 1 saturated carbocycles. The maximum absolute atomic E-state index is 5.40. The van der Waals surface area contributed by atoms with Gasteiger partial charge in [0.25, 0.3) is 0 Å². The van der Waals surface area contributed by atoms with Crippen molar-refractivity contribution >= 4 is 16.5 Å². The zero-order valence-corrected chi connectivity index (χ0v) is 10.4. The second-order valence-corrected chi connectivity index (χ2v) is 5.79. The van der Waals surface area contributed by atoms with Crippen molar-refractivity contribution in [3.05, 3.63) is 5.01 Å². The molecule has 4 nitrogen and oxygen atoms in total. The Hall–Kier alpha value is -0.680. The Labute approximate surface area is 94.1 Å². The lowest BCUT2D eigenvalue weighted by Gasteiger charge is -2.51. The molecule has 0 spiro atoms. The van der Waals surface area contributed by atoms with Gasteiger partial charge in [-0.2, -0.15) is 0 Å². The molecule has 2 rings (SSSR count). The predicted molar refractivity (Wildman–Crippen MR) is 61.3 cm³/mol. The van der Waals surface area contributed by atoms with Gasteiger partial charge in [0.1, 0.15) is 5.01 Å². The average molecular weight is 227 g/mol. The molecule has 1 aromatic rings. The second-order valence-electron chi connectivity index (χ2n) is 4.60. The topological polar surface area (TPSA) is 47.0 Å². The van der Waals surface area contributed by atoms with Crippen LogP contribution in [0.25, 0.3) is 0 Å². The van der Waals surface area contributed by atoms with E-state index in [2.05, 4.69) is 29.4 Å². The van der Waals surface area contributed by atoms with Gasteiger partial charge in [0.2, 0.25) is 5.13 Å². The predicted octanol–water partition coefficient (Wildman–Crippen LogP) is 2.07. The Morgan fingerprint density at radius 2 is 2.20 bits per heavy atom. The number of hydrogen-bond donors (Lipinski definition) is 1. The highest BCUT2D eigenvalue weighted by molar-refractivity contribution is 7.15. The van der Waals surface area contributed by atoms with Crippen LogP contribution in [0.3, 0.4) is 0 Å². The zero-order valence-electron chi connectivity index (χ0n) is 9.57. The number of nitrogens with zero attached hydrogens (tertiary/aromatic N) is 2. The van der Waals surface area contributed by atoms with Crippen molar-refractivity contribution in [3.8, 4) is 0 Å². The number of aromatic nitrogens is 2. The lowest BCUT2D eigenvalue weighted by Crippen LogP contribution is -2.57. The molecule has 0 bridgehead atoms. The molecule has 0 aromatic carbocycles. The van der Waals surface area contributed by atoms with E-state index in [1.54, 1.807) is 18.4 Å². The maximum atomic E-state index is 5.40. The lowest BCUT2D eigenvalue weighted by atomic mass is 9.64. The molecule has 0 saturated heterocycles. The standard InChI is InChI=1S/C10H17N3OS/c1-6-12-13-9(15-6)11-7-5-8(14-4)10(7,2)3/h7-8H,5H2,1-4H3,(H,11,13). The molecule has 1 fully saturated rings. The van der Waals surface area contributed by atoms with Gasteiger partial charge >= 0.3 is 0 Å². The molecule has 1 heterocycles. The summed E-state index contributed by atoms with van der Waals surface area (Å²) in [6.45, 7) is 6.40. The molecule has 84 valence electrons. The lowest BCUT2D eigenvalue weighted by molar-refractivity contribution is -0.0794. The minimum atomic E-state index is 0.175. The van der Waals surface area contributed by atoms with Gasteiger partial charge in [-0.3, -0.25) is 0 Å². The SMILES string of the molecule is COC1CC(Nc2nnc(C)s2)C1(C)C. The summed E-state index contributed by atoms with van der Waals surface area (Å²) in [5.74, 6) is 0. The van der Waals surface area contributed by atoms with Crippen molar-refractivity contribution in [2.45, 2.75) is 39.3 Å². The van der Waals surface area contributed by atoms with Gasteiger partial charge in [-0.15, -0.1) is 10.2 Å². The molecule has 2 atom stereocenters. The maximum Gasteiger partial charge on any atom is 0.205 e. The van der Waals surface area contributed by atoms with Gasteiger partial charge < -0.3 is 10.1 Å². The number of ether oxygens (including phenoxy) is 1. The van der Waals surface area contributed by atoms with E-state index in [0.29, 0.717) is 12.1 Å². The summed E-state index contributed by atoms with van der Waals surface area (Å²) in [7, 11) is 1.78. The van der Waals surface area contributed by atoms with Crippen molar-refractivity contribution in [1.82, 2.24) is 10.2 Å². The van der Waals surface area contributed by atoms with Crippen molar-refractivity contribution in [2.24, 2.45) is 5.41 Å². The number of nitrogens with one attached hydrogen (secondary N) is 1. The summed E-state index contributed by atoms with van der Waals surface area (Å²) in [5.41, 5.74) is 0.175. The summed E-state index contributed by atoms with van der Waals surface area (Å²) in [6.07, 6.45) is 1.39. The highest BCUT2D eigenvalue weighted by Crippen LogP contribution is 2.44. The van der Waals surface area contributed by atoms with E-state index in [9.17, 15) is 0 Å². The van der Waals surface area contributed by atoms with Crippen molar-refractivity contribution in [1.29, 1.82) is 0 Å². The summed E-state index contributed by atoms with van der Waals surface area (Å²) in [6, 6.07) is 0.440. The fraction of sp³-hybridized carbons (Fsp3) is 0.800. The fourth-order valence-corrected chi connectivity index (χ4v) is 2.68. The van der Waals surface area contributed by atoms with Gasteiger partial charge in [0.05, 0.1) is 6.10 Å². The van der Waals surface area contributed by atoms with E-state index in [1.807, 2.05) is 6.92 Å². The van der Waals surface area contributed by atoms with Gasteiger partial charge in [-0.1, -0.05) is 25.2 Å². The summed E-state index contributed by atoms with van der Waals surface area (Å²) in [5, 5.41) is 13.4. The Bertz CT molecular complexity index is 350. The smallest absolute Gasteiger partial charge is 0.205 e.